The monoisotopic (exact) mass is 991 g/mol. The molecule has 0 saturated carbocycles. The smallest absolute Gasteiger partial charge is 0.306 e. The first kappa shape index (κ1) is 67.8. The normalized spacial score (nSPS) is 12.5. The van der Waals surface area contributed by atoms with E-state index in [1.54, 1.807) is 0 Å². The third-order valence-electron chi connectivity index (χ3n) is 13.2. The molecule has 410 valence electrons. The van der Waals surface area contributed by atoms with Gasteiger partial charge in [-0.15, -0.1) is 0 Å². The summed E-state index contributed by atoms with van der Waals surface area (Å²) >= 11 is 0. The highest BCUT2D eigenvalue weighted by Crippen LogP contribution is 2.16. The molecule has 0 aromatic heterocycles. The number of allylic oxidation sites excluding steroid dienone is 12. The molecule has 1 atom stereocenters. The van der Waals surface area contributed by atoms with Crippen LogP contribution in [0.15, 0.2) is 72.9 Å². The van der Waals surface area contributed by atoms with Crippen LogP contribution < -0.4 is 0 Å². The van der Waals surface area contributed by atoms with Gasteiger partial charge in [0.25, 0.3) is 0 Å². The largest absolute Gasteiger partial charge is 0.462 e. The van der Waals surface area contributed by atoms with Crippen molar-refractivity contribution in [1.29, 1.82) is 0 Å². The fourth-order valence-corrected chi connectivity index (χ4v) is 8.64. The van der Waals surface area contributed by atoms with Gasteiger partial charge in [-0.25, -0.2) is 0 Å². The molecule has 0 radical (unpaired) electrons. The van der Waals surface area contributed by atoms with E-state index in [2.05, 4.69) is 93.7 Å². The van der Waals surface area contributed by atoms with Gasteiger partial charge in [0.2, 0.25) is 0 Å². The minimum absolute atomic E-state index is 0.0759. The highest BCUT2D eigenvalue weighted by Gasteiger charge is 2.19. The predicted octanol–water partition coefficient (Wildman–Crippen LogP) is 20.5. The Morgan fingerprint density at radius 1 is 0.296 bits per heavy atom. The van der Waals surface area contributed by atoms with Crippen LogP contribution in [0.5, 0.6) is 0 Å². The summed E-state index contributed by atoms with van der Waals surface area (Å²) < 4.78 is 16.9. The molecule has 0 spiro atoms. The van der Waals surface area contributed by atoms with Crippen LogP contribution in [0.4, 0.5) is 0 Å². The summed E-state index contributed by atoms with van der Waals surface area (Å²) in [6.45, 7) is 6.52. The van der Waals surface area contributed by atoms with Crippen LogP contribution in [-0.4, -0.2) is 37.2 Å². The number of carbonyl (C=O) groups is 3. The summed E-state index contributed by atoms with van der Waals surface area (Å²) in [5, 5.41) is 0. The van der Waals surface area contributed by atoms with Gasteiger partial charge in [-0.05, 0) is 89.9 Å². The maximum atomic E-state index is 12.9. The highest BCUT2D eigenvalue weighted by molar-refractivity contribution is 5.71. The van der Waals surface area contributed by atoms with Gasteiger partial charge in [0.05, 0.1) is 0 Å². The Morgan fingerprint density at radius 2 is 0.549 bits per heavy atom. The summed E-state index contributed by atoms with van der Waals surface area (Å²) in [4.78, 5) is 38.2. The number of carbonyl (C=O) groups excluding carboxylic acids is 3. The lowest BCUT2D eigenvalue weighted by Gasteiger charge is -2.18. The van der Waals surface area contributed by atoms with Gasteiger partial charge in [-0.2, -0.15) is 0 Å². The molecule has 0 N–H and O–H groups in total. The Morgan fingerprint density at radius 3 is 0.887 bits per heavy atom. The first-order valence-electron chi connectivity index (χ1n) is 30.4. The molecule has 0 amide bonds. The number of hydrogen-bond acceptors (Lipinski definition) is 6. The summed E-state index contributed by atoms with van der Waals surface area (Å²) in [6, 6.07) is 0. The molecule has 6 nitrogen and oxygen atoms in total. The lowest BCUT2D eigenvalue weighted by atomic mass is 10.0. The molecule has 1 unspecified atom stereocenters. The van der Waals surface area contributed by atoms with Crippen LogP contribution in [0.2, 0.25) is 0 Å². The van der Waals surface area contributed by atoms with Crippen molar-refractivity contribution in [3.8, 4) is 0 Å². The van der Waals surface area contributed by atoms with Crippen molar-refractivity contribution in [2.24, 2.45) is 0 Å². The van der Waals surface area contributed by atoms with E-state index in [1.165, 1.54) is 167 Å². The van der Waals surface area contributed by atoms with E-state index >= 15 is 0 Å². The minimum atomic E-state index is -0.778. The van der Waals surface area contributed by atoms with Crippen molar-refractivity contribution in [2.75, 3.05) is 13.2 Å². The summed E-state index contributed by atoms with van der Waals surface area (Å²) in [5.41, 5.74) is 0. The average molecular weight is 992 g/mol. The third kappa shape index (κ3) is 57.6. The molecule has 0 bridgehead atoms. The Balaban J connectivity index is 4.26. The van der Waals surface area contributed by atoms with E-state index in [1.807, 2.05) is 0 Å². The molecule has 0 fully saturated rings. The van der Waals surface area contributed by atoms with Crippen LogP contribution in [-0.2, 0) is 28.6 Å². The van der Waals surface area contributed by atoms with Crippen molar-refractivity contribution in [1.82, 2.24) is 0 Å². The highest BCUT2D eigenvalue weighted by atomic mass is 16.6. The summed E-state index contributed by atoms with van der Waals surface area (Å²) in [7, 11) is 0. The van der Waals surface area contributed by atoms with Crippen LogP contribution in [0, 0.1) is 0 Å². The molecule has 0 rings (SSSR count). The van der Waals surface area contributed by atoms with Crippen LogP contribution in [0.1, 0.15) is 303 Å². The van der Waals surface area contributed by atoms with Gasteiger partial charge in [-0.1, -0.05) is 267 Å². The molecular formula is C65H114O6. The molecule has 0 aromatic rings. The average Bonchev–Trinajstić information content (AvgIpc) is 3.37. The number of ether oxygens (including phenoxy) is 3. The van der Waals surface area contributed by atoms with Gasteiger partial charge < -0.3 is 14.2 Å². The van der Waals surface area contributed by atoms with E-state index in [-0.39, 0.29) is 31.1 Å². The number of hydrogen-bond donors (Lipinski definition) is 0. The maximum absolute atomic E-state index is 12.9. The summed E-state index contributed by atoms with van der Waals surface area (Å²) in [6.07, 6.45) is 76.1. The molecule has 6 heteroatoms. The second-order valence-electron chi connectivity index (χ2n) is 20.2. The first-order valence-corrected chi connectivity index (χ1v) is 30.4. The van der Waals surface area contributed by atoms with Gasteiger partial charge in [0.15, 0.2) is 6.10 Å². The predicted molar refractivity (Wildman–Crippen MR) is 307 cm³/mol. The number of rotatable bonds is 55. The Bertz CT molecular complexity index is 1320. The standard InChI is InChI=1S/C65H114O6/c1-4-7-10-13-16-19-22-24-26-28-29-30-31-32-33-34-35-37-38-40-43-46-49-52-55-58-64(67)70-61-62(60-69-63(66)57-54-51-48-45-42-21-18-15-12-9-6-3)71-65(68)59-56-53-50-47-44-41-39-36-27-25-23-20-17-14-11-8-5-2/h7,10,16-17,19-20,24-27,29-30,62H,4-6,8-9,11-15,18,21-23,28,31-61H2,1-3H3/b10-7-,19-16-,20-17-,26-24-,27-25-,30-29-. The molecule has 0 heterocycles. The molecule has 0 aromatic carbocycles. The van der Waals surface area contributed by atoms with Gasteiger partial charge in [-0.3, -0.25) is 14.4 Å². The Labute approximate surface area is 440 Å². The topological polar surface area (TPSA) is 78.9 Å². The van der Waals surface area contributed by atoms with E-state index < -0.39 is 6.10 Å². The molecular weight excluding hydrogens is 877 g/mol. The first-order chi connectivity index (χ1) is 35.0. The molecule has 0 aliphatic rings. The van der Waals surface area contributed by atoms with Crippen LogP contribution in [0.25, 0.3) is 0 Å². The fraction of sp³-hybridized carbons (Fsp3) is 0.769. The molecule has 0 aliphatic heterocycles. The van der Waals surface area contributed by atoms with E-state index in [0.717, 1.165) is 96.3 Å². The zero-order valence-corrected chi connectivity index (χ0v) is 47.0. The van der Waals surface area contributed by atoms with Crippen LogP contribution >= 0.6 is 0 Å². The third-order valence-corrected chi connectivity index (χ3v) is 13.2. The minimum Gasteiger partial charge on any atom is -0.462 e. The molecule has 0 saturated heterocycles. The lowest BCUT2D eigenvalue weighted by Crippen LogP contribution is -2.30. The van der Waals surface area contributed by atoms with E-state index in [4.69, 9.17) is 14.2 Å². The van der Waals surface area contributed by atoms with Crippen molar-refractivity contribution in [2.45, 2.75) is 309 Å². The van der Waals surface area contributed by atoms with E-state index in [9.17, 15) is 14.4 Å². The lowest BCUT2D eigenvalue weighted by molar-refractivity contribution is -0.167. The maximum Gasteiger partial charge on any atom is 0.306 e. The van der Waals surface area contributed by atoms with Crippen molar-refractivity contribution in [3.63, 3.8) is 0 Å². The molecule has 71 heavy (non-hydrogen) atoms. The second-order valence-corrected chi connectivity index (χ2v) is 20.2. The quantitative estimate of drug-likeness (QED) is 0.0261. The molecule has 0 aliphatic carbocycles. The zero-order chi connectivity index (χ0) is 51.4. The number of esters is 3. The van der Waals surface area contributed by atoms with E-state index in [0.29, 0.717) is 19.3 Å². The van der Waals surface area contributed by atoms with Gasteiger partial charge in [0.1, 0.15) is 13.2 Å². The van der Waals surface area contributed by atoms with Crippen molar-refractivity contribution < 1.29 is 28.6 Å². The fourth-order valence-electron chi connectivity index (χ4n) is 8.64. The summed E-state index contributed by atoms with van der Waals surface area (Å²) in [5.74, 6) is -0.875. The second kappa shape index (κ2) is 59.4. The van der Waals surface area contributed by atoms with Crippen molar-refractivity contribution >= 4 is 17.9 Å². The Kier molecular flexibility index (Phi) is 56.8. The van der Waals surface area contributed by atoms with Crippen molar-refractivity contribution in [3.05, 3.63) is 72.9 Å². The zero-order valence-electron chi connectivity index (χ0n) is 47.0. The SMILES string of the molecule is CC/C=C\C/C=C\C/C=C\C/C=C\CCCCCCCCCCCCCCC(=O)OCC(COC(=O)CCCCCCCCCCCCC)OC(=O)CCCCCCCCC/C=C\C/C=C\CCCCC. The van der Waals surface area contributed by atoms with Crippen LogP contribution in [0.3, 0.4) is 0 Å². The van der Waals surface area contributed by atoms with Gasteiger partial charge in [0, 0.05) is 19.3 Å². The van der Waals surface area contributed by atoms with Gasteiger partial charge >= 0.3 is 17.9 Å². The number of unbranched alkanes of at least 4 members (excludes halogenated alkanes) is 32. The Hall–Kier alpha value is -3.15.